The Balaban J connectivity index is 1.68. The second-order valence-electron chi connectivity index (χ2n) is 6.03. The number of rotatable bonds is 4. The molecule has 2 atom stereocenters. The Hall–Kier alpha value is -2.64. The highest BCUT2D eigenvalue weighted by Gasteiger charge is 2.54. The molecule has 8 heteroatoms. The quantitative estimate of drug-likeness (QED) is 0.714. The number of hydrogen-bond acceptors (Lipinski definition) is 4. The van der Waals surface area contributed by atoms with Crippen LogP contribution in [0, 0.1) is 11.7 Å². The average Bonchev–Trinajstić information content (AvgIpc) is 3.09. The predicted molar refractivity (Wildman–Crippen MR) is 82.0 cm³/mol. The van der Waals surface area contributed by atoms with E-state index in [1.54, 1.807) is 0 Å². The van der Waals surface area contributed by atoms with Crippen molar-refractivity contribution in [2.75, 3.05) is 13.7 Å². The minimum atomic E-state index is -0.940. The van der Waals surface area contributed by atoms with Gasteiger partial charge in [0, 0.05) is 18.0 Å². The fourth-order valence-electron chi connectivity index (χ4n) is 3.44. The number of benzene rings is 1. The average molecular weight is 335 g/mol. The summed E-state index contributed by atoms with van der Waals surface area (Å²) in [5.41, 5.74) is -0.676. The van der Waals surface area contributed by atoms with Crippen LogP contribution in [0.25, 0.3) is 0 Å². The molecule has 4 amide bonds. The molecule has 2 unspecified atom stereocenters. The molecule has 1 aromatic rings. The van der Waals surface area contributed by atoms with E-state index in [-0.39, 0.29) is 35.6 Å². The van der Waals surface area contributed by atoms with Crippen molar-refractivity contribution in [2.45, 2.75) is 24.8 Å². The van der Waals surface area contributed by atoms with Gasteiger partial charge in [0.15, 0.2) is 11.6 Å². The molecular formula is C16H18FN3O4. The SMILES string of the molecule is COc1cc(C(=O)NCC2CCCC23NC(=O)NC3=O)ccc1F. The molecule has 1 aromatic carbocycles. The van der Waals surface area contributed by atoms with Crippen molar-refractivity contribution >= 4 is 17.8 Å². The maximum absolute atomic E-state index is 13.4. The number of imide groups is 1. The van der Waals surface area contributed by atoms with Gasteiger partial charge in [-0.25, -0.2) is 9.18 Å². The molecule has 1 aliphatic heterocycles. The number of methoxy groups -OCH3 is 1. The van der Waals surface area contributed by atoms with Crippen LogP contribution in [0.2, 0.25) is 0 Å². The van der Waals surface area contributed by atoms with Gasteiger partial charge in [0.2, 0.25) is 0 Å². The van der Waals surface area contributed by atoms with Gasteiger partial charge in [-0.1, -0.05) is 6.42 Å². The summed E-state index contributed by atoms with van der Waals surface area (Å²) in [6.07, 6.45) is 2.06. The fourth-order valence-corrected chi connectivity index (χ4v) is 3.44. The van der Waals surface area contributed by atoms with Crippen molar-refractivity contribution < 1.29 is 23.5 Å². The van der Waals surface area contributed by atoms with E-state index in [1.165, 1.54) is 19.2 Å². The third-order valence-corrected chi connectivity index (χ3v) is 4.71. The molecule has 1 spiro atoms. The van der Waals surface area contributed by atoms with E-state index >= 15 is 0 Å². The molecule has 1 aliphatic carbocycles. The Morgan fingerprint density at radius 3 is 2.92 bits per heavy atom. The maximum atomic E-state index is 13.4. The van der Waals surface area contributed by atoms with Crippen LogP contribution in [0.5, 0.6) is 5.75 Å². The van der Waals surface area contributed by atoms with Gasteiger partial charge in [0.1, 0.15) is 5.54 Å². The number of ether oxygens (including phenoxy) is 1. The van der Waals surface area contributed by atoms with Crippen molar-refractivity contribution in [3.8, 4) is 5.75 Å². The number of amides is 4. The van der Waals surface area contributed by atoms with E-state index in [2.05, 4.69) is 16.0 Å². The van der Waals surface area contributed by atoms with Crippen LogP contribution in [0.15, 0.2) is 18.2 Å². The van der Waals surface area contributed by atoms with Crippen LogP contribution in [-0.2, 0) is 4.79 Å². The summed E-state index contributed by atoms with van der Waals surface area (Å²) < 4.78 is 18.3. The van der Waals surface area contributed by atoms with Gasteiger partial charge < -0.3 is 15.4 Å². The molecule has 1 saturated heterocycles. The molecule has 128 valence electrons. The van der Waals surface area contributed by atoms with Crippen LogP contribution < -0.4 is 20.7 Å². The maximum Gasteiger partial charge on any atom is 0.322 e. The van der Waals surface area contributed by atoms with Gasteiger partial charge >= 0.3 is 6.03 Å². The molecule has 1 saturated carbocycles. The van der Waals surface area contributed by atoms with Crippen molar-refractivity contribution in [3.63, 3.8) is 0 Å². The minimum Gasteiger partial charge on any atom is -0.494 e. The highest BCUT2D eigenvalue weighted by Crippen LogP contribution is 2.37. The van der Waals surface area contributed by atoms with Crippen molar-refractivity contribution in [2.24, 2.45) is 5.92 Å². The highest BCUT2D eigenvalue weighted by atomic mass is 19.1. The molecule has 7 nitrogen and oxygen atoms in total. The second kappa shape index (κ2) is 6.10. The van der Waals surface area contributed by atoms with Crippen molar-refractivity contribution in [1.82, 2.24) is 16.0 Å². The van der Waals surface area contributed by atoms with Gasteiger partial charge in [-0.05, 0) is 31.0 Å². The lowest BCUT2D eigenvalue weighted by Crippen LogP contribution is -2.53. The highest BCUT2D eigenvalue weighted by molar-refractivity contribution is 6.07. The normalized spacial score (nSPS) is 25.5. The van der Waals surface area contributed by atoms with Crippen LogP contribution in [0.3, 0.4) is 0 Å². The van der Waals surface area contributed by atoms with Crippen LogP contribution >= 0.6 is 0 Å². The molecule has 0 radical (unpaired) electrons. The molecule has 0 bridgehead atoms. The summed E-state index contributed by atoms with van der Waals surface area (Å²) in [5.74, 6) is -1.47. The summed E-state index contributed by atoms with van der Waals surface area (Å²) in [6.45, 7) is 0.242. The molecule has 3 N–H and O–H groups in total. The van der Waals surface area contributed by atoms with Gasteiger partial charge in [-0.3, -0.25) is 14.9 Å². The first-order valence-corrected chi connectivity index (χ1v) is 7.71. The van der Waals surface area contributed by atoms with Crippen LogP contribution in [0.4, 0.5) is 9.18 Å². The molecule has 2 fully saturated rings. The summed E-state index contributed by atoms with van der Waals surface area (Å²) in [5, 5.41) is 7.71. The summed E-state index contributed by atoms with van der Waals surface area (Å²) in [7, 11) is 1.32. The standard InChI is InChI=1S/C16H18FN3O4/c1-24-12-7-9(4-5-11(12)17)13(21)18-8-10-3-2-6-16(10)14(22)19-15(23)20-16/h4-5,7,10H,2-3,6,8H2,1H3,(H,18,21)(H2,19,20,22,23). The molecular weight excluding hydrogens is 317 g/mol. The topological polar surface area (TPSA) is 96.5 Å². The van der Waals surface area contributed by atoms with Gasteiger partial charge in [-0.2, -0.15) is 0 Å². The molecule has 2 aliphatic rings. The number of halogens is 1. The number of carbonyl (C=O) groups is 3. The molecule has 3 rings (SSSR count). The number of hydrogen-bond donors (Lipinski definition) is 3. The fraction of sp³-hybridized carbons (Fsp3) is 0.438. The Morgan fingerprint density at radius 1 is 1.46 bits per heavy atom. The lowest BCUT2D eigenvalue weighted by atomic mass is 9.87. The smallest absolute Gasteiger partial charge is 0.322 e. The zero-order valence-electron chi connectivity index (χ0n) is 13.1. The minimum absolute atomic E-state index is 0.0116. The van der Waals surface area contributed by atoms with Crippen molar-refractivity contribution in [1.29, 1.82) is 0 Å². The van der Waals surface area contributed by atoms with E-state index in [0.717, 1.165) is 18.9 Å². The first-order valence-electron chi connectivity index (χ1n) is 7.71. The van der Waals surface area contributed by atoms with Gasteiger partial charge in [-0.15, -0.1) is 0 Å². The summed E-state index contributed by atoms with van der Waals surface area (Å²) in [6, 6.07) is 3.34. The first kappa shape index (κ1) is 16.2. The Kier molecular flexibility index (Phi) is 4.13. The molecule has 0 aromatic heterocycles. The summed E-state index contributed by atoms with van der Waals surface area (Å²) >= 11 is 0. The van der Waals surface area contributed by atoms with E-state index < -0.39 is 17.4 Å². The second-order valence-corrected chi connectivity index (χ2v) is 6.03. The Morgan fingerprint density at radius 2 is 2.25 bits per heavy atom. The van der Waals surface area contributed by atoms with Crippen LogP contribution in [-0.4, -0.2) is 37.0 Å². The van der Waals surface area contributed by atoms with Crippen LogP contribution in [0.1, 0.15) is 29.6 Å². The first-order chi connectivity index (χ1) is 11.5. The van der Waals surface area contributed by atoms with E-state index in [0.29, 0.717) is 6.42 Å². The van der Waals surface area contributed by atoms with Gasteiger partial charge in [0.05, 0.1) is 7.11 Å². The molecule has 24 heavy (non-hydrogen) atoms. The lowest BCUT2D eigenvalue weighted by Gasteiger charge is -2.28. The van der Waals surface area contributed by atoms with E-state index in [1.807, 2.05) is 0 Å². The number of carbonyl (C=O) groups excluding carboxylic acids is 3. The van der Waals surface area contributed by atoms with Crippen molar-refractivity contribution in [3.05, 3.63) is 29.6 Å². The monoisotopic (exact) mass is 335 g/mol. The zero-order valence-corrected chi connectivity index (χ0v) is 13.1. The zero-order chi connectivity index (χ0) is 17.3. The van der Waals surface area contributed by atoms with E-state index in [4.69, 9.17) is 4.74 Å². The third-order valence-electron chi connectivity index (χ3n) is 4.71. The predicted octanol–water partition coefficient (Wildman–Crippen LogP) is 0.942. The summed E-state index contributed by atoms with van der Waals surface area (Å²) in [4.78, 5) is 35.8. The van der Waals surface area contributed by atoms with Gasteiger partial charge in [0.25, 0.3) is 11.8 Å². The van der Waals surface area contributed by atoms with E-state index in [9.17, 15) is 18.8 Å². The largest absolute Gasteiger partial charge is 0.494 e. The molecule has 1 heterocycles. The number of urea groups is 1. The lowest BCUT2D eigenvalue weighted by molar-refractivity contribution is -0.125. The number of nitrogens with one attached hydrogen (secondary N) is 3. The third kappa shape index (κ3) is 2.68. The Bertz CT molecular complexity index is 709. The Labute approximate surface area is 137 Å².